The smallest absolute Gasteiger partial charge is 0.305 e. The second-order valence-electron chi connectivity index (χ2n) is 4.07. The van der Waals surface area contributed by atoms with E-state index in [1.54, 1.807) is 0 Å². The van der Waals surface area contributed by atoms with Crippen molar-refractivity contribution in [3.8, 4) is 0 Å². The van der Waals surface area contributed by atoms with Crippen LogP contribution >= 0.6 is 0 Å². The van der Waals surface area contributed by atoms with Crippen molar-refractivity contribution in [2.75, 3.05) is 0 Å². The summed E-state index contributed by atoms with van der Waals surface area (Å²) >= 11 is 0. The number of hydrogen-bond acceptors (Lipinski definition) is 3. The molecule has 0 saturated carbocycles. The van der Waals surface area contributed by atoms with E-state index in [2.05, 4.69) is 5.32 Å². The minimum Gasteiger partial charge on any atom is -0.481 e. The van der Waals surface area contributed by atoms with Gasteiger partial charge in [0, 0.05) is 6.07 Å². The van der Waals surface area contributed by atoms with Gasteiger partial charge in [-0.3, -0.25) is 14.4 Å². The molecule has 1 aromatic rings. The quantitative estimate of drug-likeness (QED) is 0.681. The van der Waals surface area contributed by atoms with Crippen molar-refractivity contribution in [2.24, 2.45) is 5.73 Å². The first-order valence-electron chi connectivity index (χ1n) is 5.53. The summed E-state index contributed by atoms with van der Waals surface area (Å²) < 4.78 is 25.8. The summed E-state index contributed by atoms with van der Waals surface area (Å²) in [5, 5.41) is 10.6. The third-order valence-electron chi connectivity index (χ3n) is 2.34. The van der Waals surface area contributed by atoms with Crippen LogP contribution in [0.2, 0.25) is 0 Å². The number of nitrogens with one attached hydrogen (secondary N) is 1. The Hall–Kier alpha value is -2.51. The van der Waals surface area contributed by atoms with E-state index in [-0.39, 0.29) is 5.56 Å². The van der Waals surface area contributed by atoms with Gasteiger partial charge in [0.15, 0.2) is 0 Å². The Labute approximate surface area is 112 Å². The molecule has 1 atom stereocenters. The molecule has 108 valence electrons. The molecular weight excluding hydrogens is 274 g/mol. The maximum atomic E-state index is 12.9. The number of rotatable bonds is 6. The Morgan fingerprint density at radius 2 is 1.75 bits per heavy atom. The van der Waals surface area contributed by atoms with Crippen LogP contribution in [0.25, 0.3) is 0 Å². The van der Waals surface area contributed by atoms with Gasteiger partial charge in [-0.15, -0.1) is 0 Å². The largest absolute Gasteiger partial charge is 0.481 e. The third kappa shape index (κ3) is 5.01. The highest BCUT2D eigenvalue weighted by Crippen LogP contribution is 2.08. The SMILES string of the molecule is NC(=O)[C@@H](CC(=O)O)NC(=O)Cc1cc(F)cc(F)c1. The second-order valence-corrected chi connectivity index (χ2v) is 4.07. The number of amides is 2. The molecule has 0 aliphatic carbocycles. The zero-order valence-corrected chi connectivity index (χ0v) is 10.2. The van der Waals surface area contributed by atoms with E-state index >= 15 is 0 Å². The van der Waals surface area contributed by atoms with Gasteiger partial charge in [0.2, 0.25) is 11.8 Å². The van der Waals surface area contributed by atoms with Gasteiger partial charge >= 0.3 is 5.97 Å². The fourth-order valence-electron chi connectivity index (χ4n) is 1.54. The number of halogens is 2. The molecule has 0 heterocycles. The van der Waals surface area contributed by atoms with Gasteiger partial charge in [-0.1, -0.05) is 0 Å². The third-order valence-corrected chi connectivity index (χ3v) is 2.34. The van der Waals surface area contributed by atoms with Gasteiger partial charge in [0.25, 0.3) is 0 Å². The Balaban J connectivity index is 2.70. The minimum absolute atomic E-state index is 0.0542. The summed E-state index contributed by atoms with van der Waals surface area (Å²) in [6, 6.07) is 1.19. The Bertz CT molecular complexity index is 528. The second kappa shape index (κ2) is 6.60. The molecule has 1 aromatic carbocycles. The minimum atomic E-state index is -1.38. The molecular formula is C12H12F2N2O4. The lowest BCUT2D eigenvalue weighted by molar-refractivity contribution is -0.140. The van der Waals surface area contributed by atoms with E-state index in [0.29, 0.717) is 6.07 Å². The molecule has 20 heavy (non-hydrogen) atoms. The molecule has 0 aliphatic rings. The van der Waals surface area contributed by atoms with Gasteiger partial charge < -0.3 is 16.2 Å². The Morgan fingerprint density at radius 3 is 2.20 bits per heavy atom. The molecule has 0 radical (unpaired) electrons. The highest BCUT2D eigenvalue weighted by molar-refractivity contribution is 5.90. The van der Waals surface area contributed by atoms with Crippen molar-refractivity contribution in [3.05, 3.63) is 35.4 Å². The van der Waals surface area contributed by atoms with E-state index in [4.69, 9.17) is 10.8 Å². The first-order valence-corrected chi connectivity index (χ1v) is 5.53. The first-order chi connectivity index (χ1) is 9.27. The van der Waals surface area contributed by atoms with Crippen LogP contribution in [0.1, 0.15) is 12.0 Å². The highest BCUT2D eigenvalue weighted by atomic mass is 19.1. The molecule has 2 amide bonds. The molecule has 0 spiro atoms. The maximum Gasteiger partial charge on any atom is 0.305 e. The molecule has 0 bridgehead atoms. The lowest BCUT2D eigenvalue weighted by atomic mass is 10.1. The summed E-state index contributed by atoms with van der Waals surface area (Å²) in [7, 11) is 0. The number of aliphatic carboxylic acids is 1. The summed E-state index contributed by atoms with van der Waals surface area (Å²) in [5.41, 5.74) is 4.99. The molecule has 6 nitrogen and oxygen atoms in total. The van der Waals surface area contributed by atoms with Gasteiger partial charge in [-0.05, 0) is 17.7 Å². The molecule has 8 heteroatoms. The predicted molar refractivity (Wildman–Crippen MR) is 63.4 cm³/mol. The molecule has 0 saturated heterocycles. The van der Waals surface area contributed by atoms with Crippen LogP contribution < -0.4 is 11.1 Å². The maximum absolute atomic E-state index is 12.9. The predicted octanol–water partition coefficient (Wildman–Crippen LogP) is -0.0479. The number of benzene rings is 1. The van der Waals surface area contributed by atoms with Crippen molar-refractivity contribution >= 4 is 17.8 Å². The summed E-state index contributed by atoms with van der Waals surface area (Å²) in [4.78, 5) is 33.0. The van der Waals surface area contributed by atoms with E-state index in [9.17, 15) is 23.2 Å². The molecule has 0 aromatic heterocycles. The average Bonchev–Trinajstić information content (AvgIpc) is 2.25. The monoisotopic (exact) mass is 286 g/mol. The number of carbonyl (C=O) groups excluding carboxylic acids is 2. The highest BCUT2D eigenvalue weighted by Gasteiger charge is 2.21. The fourth-order valence-corrected chi connectivity index (χ4v) is 1.54. The summed E-state index contributed by atoms with van der Waals surface area (Å²) in [6.45, 7) is 0. The topological polar surface area (TPSA) is 109 Å². The van der Waals surface area contributed by atoms with Crippen LogP contribution in [-0.2, 0) is 20.8 Å². The Kier molecular flexibility index (Phi) is 5.13. The van der Waals surface area contributed by atoms with Gasteiger partial charge in [0.05, 0.1) is 12.8 Å². The lowest BCUT2D eigenvalue weighted by Crippen LogP contribution is -2.46. The number of carbonyl (C=O) groups is 3. The molecule has 0 unspecified atom stereocenters. The normalized spacial score (nSPS) is 11.7. The van der Waals surface area contributed by atoms with E-state index in [0.717, 1.165) is 12.1 Å². The van der Waals surface area contributed by atoms with Crippen molar-refractivity contribution in [2.45, 2.75) is 18.9 Å². The number of hydrogen-bond donors (Lipinski definition) is 3. The van der Waals surface area contributed by atoms with Gasteiger partial charge in [-0.2, -0.15) is 0 Å². The molecule has 4 N–H and O–H groups in total. The number of nitrogens with two attached hydrogens (primary N) is 1. The Morgan fingerprint density at radius 1 is 1.20 bits per heavy atom. The van der Waals surface area contributed by atoms with E-state index in [1.807, 2.05) is 0 Å². The molecule has 0 fully saturated rings. The number of carboxylic acid groups (broad SMARTS) is 1. The summed E-state index contributed by atoms with van der Waals surface area (Å²) in [6.07, 6.45) is -1.07. The average molecular weight is 286 g/mol. The van der Waals surface area contributed by atoms with E-state index < -0.39 is 48.3 Å². The van der Waals surface area contributed by atoms with Crippen molar-refractivity contribution in [1.82, 2.24) is 5.32 Å². The van der Waals surface area contributed by atoms with Crippen LogP contribution in [0.3, 0.4) is 0 Å². The van der Waals surface area contributed by atoms with Gasteiger partial charge in [0.1, 0.15) is 17.7 Å². The molecule has 1 rings (SSSR count). The lowest BCUT2D eigenvalue weighted by Gasteiger charge is -2.13. The molecule has 0 aliphatic heterocycles. The van der Waals surface area contributed by atoms with Crippen LogP contribution in [0.5, 0.6) is 0 Å². The van der Waals surface area contributed by atoms with Crippen molar-refractivity contribution in [1.29, 1.82) is 0 Å². The zero-order chi connectivity index (χ0) is 15.3. The van der Waals surface area contributed by atoms with Gasteiger partial charge in [-0.25, -0.2) is 8.78 Å². The van der Waals surface area contributed by atoms with Crippen LogP contribution in [0.4, 0.5) is 8.78 Å². The summed E-state index contributed by atoms with van der Waals surface area (Å²) in [5.74, 6) is -4.77. The number of carboxylic acids is 1. The first kappa shape index (κ1) is 15.5. The fraction of sp³-hybridized carbons (Fsp3) is 0.250. The van der Waals surface area contributed by atoms with Crippen molar-refractivity contribution < 1.29 is 28.3 Å². The van der Waals surface area contributed by atoms with Crippen LogP contribution in [0, 0.1) is 11.6 Å². The van der Waals surface area contributed by atoms with Crippen LogP contribution in [0.15, 0.2) is 18.2 Å². The standard InChI is InChI=1S/C12H12F2N2O4/c13-7-1-6(2-8(14)4-7)3-10(17)16-9(12(15)20)5-11(18)19/h1-2,4,9H,3,5H2,(H2,15,20)(H,16,17)(H,18,19)/t9-/m1/s1. The number of primary amides is 1. The van der Waals surface area contributed by atoms with E-state index in [1.165, 1.54) is 0 Å². The zero-order valence-electron chi connectivity index (χ0n) is 10.2. The van der Waals surface area contributed by atoms with Crippen LogP contribution in [-0.4, -0.2) is 28.9 Å². The van der Waals surface area contributed by atoms with Crippen molar-refractivity contribution in [3.63, 3.8) is 0 Å².